The molecular weight excluding hydrogens is 424 g/mol. The molecule has 0 aliphatic heterocycles. The van der Waals surface area contributed by atoms with Gasteiger partial charge in [0, 0.05) is 4.88 Å². The van der Waals surface area contributed by atoms with E-state index in [1.807, 2.05) is 60.7 Å². The van der Waals surface area contributed by atoms with Gasteiger partial charge in [-0.1, -0.05) is 60.7 Å². The maximum Gasteiger partial charge on any atom is 0.318 e. The lowest BCUT2D eigenvalue weighted by Crippen LogP contribution is -2.25. The van der Waals surface area contributed by atoms with E-state index in [0.29, 0.717) is 10.6 Å². The van der Waals surface area contributed by atoms with Gasteiger partial charge in [-0.15, -0.1) is 11.3 Å². The first-order valence-electron chi connectivity index (χ1n) is 10.6. The molecule has 0 spiro atoms. The highest BCUT2D eigenvalue weighted by Crippen LogP contribution is 2.37. The number of thiophene rings is 1. The van der Waals surface area contributed by atoms with Crippen LogP contribution in [0.3, 0.4) is 0 Å². The van der Waals surface area contributed by atoms with Gasteiger partial charge in [0.15, 0.2) is 6.61 Å². The Morgan fingerprint density at radius 2 is 1.53 bits per heavy atom. The molecule has 164 valence electrons. The van der Waals surface area contributed by atoms with Crippen LogP contribution in [0.4, 0.5) is 5.00 Å². The van der Waals surface area contributed by atoms with Crippen molar-refractivity contribution in [3.63, 3.8) is 0 Å². The lowest BCUT2D eigenvalue weighted by Gasteiger charge is -2.17. The third kappa shape index (κ3) is 4.73. The Balaban J connectivity index is 1.47. The van der Waals surface area contributed by atoms with Gasteiger partial charge in [-0.25, -0.2) is 0 Å². The summed E-state index contributed by atoms with van der Waals surface area (Å²) >= 11 is 1.38. The molecule has 6 nitrogen and oxygen atoms in total. The Bertz CT molecular complexity index is 1090. The Kier molecular flexibility index (Phi) is 6.66. The predicted octanol–water partition coefficient (Wildman–Crippen LogP) is 4.04. The highest BCUT2D eigenvalue weighted by Gasteiger charge is 2.27. The van der Waals surface area contributed by atoms with Crippen LogP contribution in [-0.2, 0) is 27.2 Å². The maximum atomic E-state index is 13.0. The molecule has 0 atom stereocenters. The van der Waals surface area contributed by atoms with E-state index in [4.69, 9.17) is 10.5 Å². The topological polar surface area (TPSA) is 98.5 Å². The molecule has 32 heavy (non-hydrogen) atoms. The molecule has 1 heterocycles. The first-order valence-corrected chi connectivity index (χ1v) is 11.4. The SMILES string of the molecule is NC(=O)c1c(NC(=O)COC(=O)C(c2ccccc2)c2ccccc2)sc2c1CCCC2. The van der Waals surface area contributed by atoms with Crippen molar-refractivity contribution in [1.82, 2.24) is 0 Å². The van der Waals surface area contributed by atoms with E-state index in [1.165, 1.54) is 11.3 Å². The van der Waals surface area contributed by atoms with Gasteiger partial charge in [0.1, 0.15) is 10.9 Å². The van der Waals surface area contributed by atoms with Crippen molar-refractivity contribution in [1.29, 1.82) is 0 Å². The molecule has 3 aromatic rings. The molecule has 0 unspecified atom stereocenters. The van der Waals surface area contributed by atoms with Crippen LogP contribution < -0.4 is 11.1 Å². The Morgan fingerprint density at radius 1 is 0.938 bits per heavy atom. The second-order valence-electron chi connectivity index (χ2n) is 7.69. The fourth-order valence-electron chi connectivity index (χ4n) is 4.05. The van der Waals surface area contributed by atoms with Gasteiger partial charge < -0.3 is 15.8 Å². The summed E-state index contributed by atoms with van der Waals surface area (Å²) < 4.78 is 5.39. The summed E-state index contributed by atoms with van der Waals surface area (Å²) in [6.07, 6.45) is 3.71. The highest BCUT2D eigenvalue weighted by molar-refractivity contribution is 7.17. The number of hydrogen-bond donors (Lipinski definition) is 2. The number of nitrogens with one attached hydrogen (secondary N) is 1. The van der Waals surface area contributed by atoms with Gasteiger partial charge in [-0.05, 0) is 42.4 Å². The molecule has 0 saturated heterocycles. The quantitative estimate of drug-likeness (QED) is 0.533. The number of anilines is 1. The van der Waals surface area contributed by atoms with E-state index in [1.54, 1.807) is 0 Å². The number of rotatable bonds is 7. The average molecular weight is 449 g/mol. The van der Waals surface area contributed by atoms with Crippen LogP contribution in [0.1, 0.15) is 50.7 Å². The van der Waals surface area contributed by atoms with Crippen molar-refractivity contribution in [2.75, 3.05) is 11.9 Å². The fourth-order valence-corrected chi connectivity index (χ4v) is 5.36. The second kappa shape index (κ2) is 9.78. The van der Waals surface area contributed by atoms with E-state index in [0.717, 1.165) is 47.3 Å². The van der Waals surface area contributed by atoms with E-state index < -0.39 is 30.3 Å². The number of esters is 1. The van der Waals surface area contributed by atoms with Gasteiger partial charge in [-0.3, -0.25) is 14.4 Å². The van der Waals surface area contributed by atoms with Crippen molar-refractivity contribution in [3.05, 3.63) is 87.8 Å². The van der Waals surface area contributed by atoms with Crippen LogP contribution in [0.25, 0.3) is 0 Å². The van der Waals surface area contributed by atoms with Gasteiger partial charge >= 0.3 is 5.97 Å². The minimum Gasteiger partial charge on any atom is -0.455 e. The van der Waals surface area contributed by atoms with E-state index in [9.17, 15) is 14.4 Å². The van der Waals surface area contributed by atoms with Gasteiger partial charge in [0.2, 0.25) is 0 Å². The summed E-state index contributed by atoms with van der Waals surface area (Å²) in [5, 5.41) is 3.16. The van der Waals surface area contributed by atoms with Crippen LogP contribution in [0, 0.1) is 0 Å². The lowest BCUT2D eigenvalue weighted by atomic mass is 9.91. The molecule has 0 bridgehead atoms. The molecule has 2 aromatic carbocycles. The molecule has 2 amide bonds. The fraction of sp³-hybridized carbons (Fsp3) is 0.240. The van der Waals surface area contributed by atoms with E-state index >= 15 is 0 Å². The summed E-state index contributed by atoms with van der Waals surface area (Å²) in [5.74, 6) is -2.21. The summed E-state index contributed by atoms with van der Waals surface area (Å²) in [7, 11) is 0. The summed E-state index contributed by atoms with van der Waals surface area (Å²) in [5.41, 5.74) is 8.47. The third-order valence-electron chi connectivity index (χ3n) is 5.52. The minimum atomic E-state index is -0.638. The van der Waals surface area contributed by atoms with E-state index in [2.05, 4.69) is 5.32 Å². The number of benzene rings is 2. The normalized spacial score (nSPS) is 12.8. The monoisotopic (exact) mass is 448 g/mol. The zero-order valence-corrected chi connectivity index (χ0v) is 18.3. The first kappa shape index (κ1) is 21.8. The largest absolute Gasteiger partial charge is 0.455 e. The van der Waals surface area contributed by atoms with Gasteiger partial charge in [0.05, 0.1) is 5.56 Å². The number of carbonyl (C=O) groups excluding carboxylic acids is 3. The van der Waals surface area contributed by atoms with Crippen molar-refractivity contribution >= 4 is 34.1 Å². The van der Waals surface area contributed by atoms with Crippen molar-refractivity contribution in [2.24, 2.45) is 5.73 Å². The van der Waals surface area contributed by atoms with Crippen molar-refractivity contribution in [2.45, 2.75) is 31.6 Å². The van der Waals surface area contributed by atoms with Gasteiger partial charge in [-0.2, -0.15) is 0 Å². The molecule has 3 N–H and O–H groups in total. The summed E-state index contributed by atoms with van der Waals surface area (Å²) in [6.45, 7) is -0.449. The zero-order valence-electron chi connectivity index (χ0n) is 17.5. The maximum absolute atomic E-state index is 13.0. The number of aryl methyl sites for hydroxylation is 1. The number of nitrogens with two attached hydrogens (primary N) is 1. The molecule has 0 saturated carbocycles. The van der Waals surface area contributed by atoms with Crippen LogP contribution in [-0.4, -0.2) is 24.4 Å². The van der Waals surface area contributed by atoms with E-state index in [-0.39, 0.29) is 0 Å². The molecule has 4 rings (SSSR count). The number of ether oxygens (including phenoxy) is 1. The Morgan fingerprint density at radius 3 is 2.12 bits per heavy atom. The predicted molar refractivity (Wildman–Crippen MR) is 124 cm³/mol. The van der Waals surface area contributed by atoms with Crippen molar-refractivity contribution < 1.29 is 19.1 Å². The number of carbonyl (C=O) groups is 3. The number of fused-ring (bicyclic) bond motifs is 1. The van der Waals surface area contributed by atoms with Crippen LogP contribution in [0.2, 0.25) is 0 Å². The Hall–Kier alpha value is -3.45. The summed E-state index contributed by atoms with van der Waals surface area (Å²) in [6, 6.07) is 18.6. The highest BCUT2D eigenvalue weighted by atomic mass is 32.1. The number of amides is 2. The summed E-state index contributed by atoms with van der Waals surface area (Å²) in [4.78, 5) is 38.6. The van der Waals surface area contributed by atoms with Gasteiger partial charge in [0.25, 0.3) is 11.8 Å². The third-order valence-corrected chi connectivity index (χ3v) is 6.72. The molecule has 7 heteroatoms. The lowest BCUT2D eigenvalue weighted by molar-refractivity contribution is -0.147. The van der Waals surface area contributed by atoms with Crippen molar-refractivity contribution in [3.8, 4) is 0 Å². The number of hydrogen-bond acceptors (Lipinski definition) is 5. The molecule has 1 aliphatic carbocycles. The molecular formula is C25H24N2O4S. The standard InChI is InChI=1S/C25H24N2O4S/c26-23(29)22-18-13-7-8-14-19(18)32-24(22)27-20(28)15-31-25(30)21(16-9-3-1-4-10-16)17-11-5-2-6-12-17/h1-6,9-12,21H,7-8,13-15H2,(H2,26,29)(H,27,28). The molecule has 0 radical (unpaired) electrons. The molecule has 1 aromatic heterocycles. The zero-order chi connectivity index (χ0) is 22.5. The average Bonchev–Trinajstić information content (AvgIpc) is 3.17. The second-order valence-corrected chi connectivity index (χ2v) is 8.79. The van der Waals surface area contributed by atoms with Crippen LogP contribution in [0.5, 0.6) is 0 Å². The number of primary amides is 1. The van der Waals surface area contributed by atoms with Crippen LogP contribution >= 0.6 is 11.3 Å². The minimum absolute atomic E-state index is 0.385. The molecule has 0 fully saturated rings. The Labute approximate surface area is 190 Å². The smallest absolute Gasteiger partial charge is 0.318 e. The van der Waals surface area contributed by atoms with Crippen LogP contribution in [0.15, 0.2) is 60.7 Å². The molecule has 1 aliphatic rings. The first-order chi connectivity index (χ1) is 15.5.